The van der Waals surface area contributed by atoms with Gasteiger partial charge in [-0.15, -0.1) is 0 Å². The maximum absolute atomic E-state index is 14.1. The van der Waals surface area contributed by atoms with Crippen molar-refractivity contribution in [1.29, 1.82) is 0 Å². The van der Waals surface area contributed by atoms with Crippen LogP contribution >= 0.6 is 11.6 Å². The maximum atomic E-state index is 14.1. The molecule has 32 heavy (non-hydrogen) atoms. The van der Waals surface area contributed by atoms with Gasteiger partial charge >= 0.3 is 0 Å². The molecule has 0 radical (unpaired) electrons. The van der Waals surface area contributed by atoms with Gasteiger partial charge in [-0.05, 0) is 50.3 Å². The van der Waals surface area contributed by atoms with Gasteiger partial charge in [-0.2, -0.15) is 0 Å². The summed E-state index contributed by atoms with van der Waals surface area (Å²) in [6, 6.07) is 8.25. The van der Waals surface area contributed by atoms with Crippen molar-refractivity contribution in [2.45, 2.75) is 72.3 Å². The van der Waals surface area contributed by atoms with Crippen LogP contribution in [-0.4, -0.2) is 27.9 Å². The number of halogens is 2. The molecule has 2 aromatic heterocycles. The third kappa shape index (κ3) is 4.68. The maximum Gasteiger partial charge on any atom is 0.290 e. The van der Waals surface area contributed by atoms with Crippen molar-refractivity contribution in [2.75, 3.05) is 6.54 Å². The lowest BCUT2D eigenvalue weighted by atomic mass is 9.86. The number of carbonyl (C=O) groups is 1. The van der Waals surface area contributed by atoms with Crippen LogP contribution in [0.1, 0.15) is 77.4 Å². The summed E-state index contributed by atoms with van der Waals surface area (Å²) >= 11 is 5.86. The summed E-state index contributed by atoms with van der Waals surface area (Å²) in [5.41, 5.74) is 2.74. The van der Waals surface area contributed by atoms with E-state index in [2.05, 4.69) is 48.5 Å². The van der Waals surface area contributed by atoms with E-state index in [1.165, 1.54) is 12.1 Å². The van der Waals surface area contributed by atoms with E-state index in [0.29, 0.717) is 28.9 Å². The highest BCUT2D eigenvalue weighted by Gasteiger charge is 2.32. The second kappa shape index (κ2) is 8.86. The van der Waals surface area contributed by atoms with E-state index in [1.54, 1.807) is 12.1 Å². The number of pyridine rings is 1. The first-order chi connectivity index (χ1) is 14.9. The lowest BCUT2D eigenvalue weighted by Crippen LogP contribution is -2.47. The van der Waals surface area contributed by atoms with Crippen molar-refractivity contribution < 1.29 is 13.6 Å². The number of nitrogens with zero attached hydrogens (tertiary/aromatic N) is 2. The zero-order valence-corrected chi connectivity index (χ0v) is 20.7. The highest BCUT2D eigenvalue weighted by Crippen LogP contribution is 2.36. The van der Waals surface area contributed by atoms with Crippen LogP contribution in [0.15, 0.2) is 34.7 Å². The molecule has 3 aromatic rings. The van der Waals surface area contributed by atoms with E-state index in [9.17, 15) is 9.18 Å². The Morgan fingerprint density at radius 1 is 1.12 bits per heavy atom. The Hall–Kier alpha value is -2.40. The summed E-state index contributed by atoms with van der Waals surface area (Å²) in [5.74, 6) is -0.369. The van der Waals surface area contributed by atoms with E-state index < -0.39 is 5.82 Å². The highest BCUT2D eigenvalue weighted by atomic mass is 35.5. The Kier molecular flexibility index (Phi) is 6.71. The fraction of sp³-hybridized carbons (Fsp3) is 0.462. The van der Waals surface area contributed by atoms with Crippen LogP contribution in [0.2, 0.25) is 5.02 Å². The molecule has 0 aliphatic rings. The van der Waals surface area contributed by atoms with Crippen molar-refractivity contribution in [3.05, 3.63) is 52.5 Å². The summed E-state index contributed by atoms with van der Waals surface area (Å²) in [6.07, 6.45) is 1.68. The monoisotopic (exact) mass is 458 g/mol. The number of benzene rings is 1. The lowest BCUT2D eigenvalue weighted by molar-refractivity contribution is 0.0509. The molecular formula is C26H32ClFN2O2. The Bertz CT molecular complexity index is 1140. The summed E-state index contributed by atoms with van der Waals surface area (Å²) < 4.78 is 20.2. The largest absolute Gasteiger partial charge is 0.449 e. The van der Waals surface area contributed by atoms with Gasteiger partial charge in [0.1, 0.15) is 11.3 Å². The summed E-state index contributed by atoms with van der Waals surface area (Å²) in [5, 5.41) is 0.0663. The third-order valence-corrected chi connectivity index (χ3v) is 6.31. The van der Waals surface area contributed by atoms with Gasteiger partial charge in [-0.1, -0.05) is 52.3 Å². The minimum atomic E-state index is -0.497. The molecule has 0 aliphatic carbocycles. The number of furan rings is 1. The summed E-state index contributed by atoms with van der Waals surface area (Å²) in [7, 11) is 0. The molecule has 172 valence electrons. The van der Waals surface area contributed by atoms with Gasteiger partial charge in [-0.25, -0.2) is 9.37 Å². The molecule has 0 fully saturated rings. The lowest BCUT2D eigenvalue weighted by Gasteiger charge is -2.37. The Morgan fingerprint density at radius 2 is 1.81 bits per heavy atom. The number of hydrogen-bond acceptors (Lipinski definition) is 3. The zero-order valence-electron chi connectivity index (χ0n) is 20.0. The van der Waals surface area contributed by atoms with Crippen LogP contribution in [0.5, 0.6) is 0 Å². The highest BCUT2D eigenvalue weighted by molar-refractivity contribution is 6.30. The normalized spacial score (nSPS) is 12.4. The molecule has 0 atom stereocenters. The van der Waals surface area contributed by atoms with E-state index in [-0.39, 0.29) is 27.6 Å². The molecule has 0 N–H and O–H groups in total. The van der Waals surface area contributed by atoms with Crippen molar-refractivity contribution in [3.8, 4) is 11.3 Å². The molecule has 2 heterocycles. The van der Waals surface area contributed by atoms with Crippen LogP contribution < -0.4 is 0 Å². The molecule has 6 heteroatoms. The molecule has 0 spiro atoms. The van der Waals surface area contributed by atoms with Crippen molar-refractivity contribution in [1.82, 2.24) is 9.88 Å². The van der Waals surface area contributed by atoms with Gasteiger partial charge in [0.2, 0.25) is 0 Å². The van der Waals surface area contributed by atoms with Crippen LogP contribution in [0.4, 0.5) is 4.39 Å². The van der Waals surface area contributed by atoms with Gasteiger partial charge < -0.3 is 9.32 Å². The van der Waals surface area contributed by atoms with Gasteiger partial charge in [-0.3, -0.25) is 4.79 Å². The molecule has 0 saturated carbocycles. The molecular weight excluding hydrogens is 427 g/mol. The number of carbonyl (C=O) groups excluding carboxylic acids is 1. The van der Waals surface area contributed by atoms with Gasteiger partial charge in [0.15, 0.2) is 11.3 Å². The predicted molar refractivity (Wildman–Crippen MR) is 129 cm³/mol. The van der Waals surface area contributed by atoms with Crippen molar-refractivity contribution in [3.63, 3.8) is 0 Å². The molecule has 0 saturated heterocycles. The van der Waals surface area contributed by atoms with E-state index in [4.69, 9.17) is 21.0 Å². The molecule has 1 aromatic carbocycles. The Labute approximate surface area is 194 Å². The smallest absolute Gasteiger partial charge is 0.290 e. The van der Waals surface area contributed by atoms with Crippen LogP contribution in [0.3, 0.4) is 0 Å². The Balaban J connectivity index is 2.18. The van der Waals surface area contributed by atoms with E-state index >= 15 is 0 Å². The second-order valence-corrected chi connectivity index (χ2v) is 10.3. The van der Waals surface area contributed by atoms with Crippen LogP contribution in [-0.2, 0) is 5.41 Å². The first kappa shape index (κ1) is 24.2. The van der Waals surface area contributed by atoms with Crippen molar-refractivity contribution >= 4 is 28.6 Å². The average molecular weight is 459 g/mol. The first-order valence-corrected chi connectivity index (χ1v) is 11.5. The van der Waals surface area contributed by atoms with Gasteiger partial charge in [0, 0.05) is 29.3 Å². The third-order valence-electron chi connectivity index (χ3n) is 6.00. The molecule has 0 unspecified atom stereocenters. The SMILES string of the molecule is CCCN(C(=O)c1cc2nc(-c3ccc(Cl)c(F)c3)cc(C(C)(C)C)c2o1)C(C)(C)CC. The summed E-state index contributed by atoms with van der Waals surface area (Å²) in [4.78, 5) is 20.0. The predicted octanol–water partition coefficient (Wildman–Crippen LogP) is 7.63. The molecule has 4 nitrogen and oxygen atoms in total. The summed E-state index contributed by atoms with van der Waals surface area (Å²) in [6.45, 7) is 15.1. The van der Waals surface area contributed by atoms with Crippen LogP contribution in [0.25, 0.3) is 22.4 Å². The first-order valence-electron chi connectivity index (χ1n) is 11.1. The standard InChI is InChI=1S/C26H32ClFN2O2/c1-8-12-30(26(6,7)9-2)24(31)22-15-21-23(32-22)17(25(3,4)5)14-20(29-21)16-10-11-18(27)19(28)13-16/h10-11,13-15H,8-9,12H2,1-7H3. The fourth-order valence-corrected chi connectivity index (χ4v) is 3.83. The number of aromatic nitrogens is 1. The molecule has 0 bridgehead atoms. The molecule has 0 aliphatic heterocycles. The van der Waals surface area contributed by atoms with E-state index in [1.807, 2.05) is 11.0 Å². The van der Waals surface area contributed by atoms with Gasteiger partial charge in [0.25, 0.3) is 5.91 Å². The minimum absolute atomic E-state index is 0.0663. The van der Waals surface area contributed by atoms with E-state index in [0.717, 1.165) is 18.4 Å². The van der Waals surface area contributed by atoms with Gasteiger partial charge in [0.05, 0.1) is 10.7 Å². The number of rotatable bonds is 6. The number of amides is 1. The number of fused-ring (bicyclic) bond motifs is 1. The quantitative estimate of drug-likeness (QED) is 0.381. The zero-order chi connectivity index (χ0) is 23.8. The topological polar surface area (TPSA) is 46.3 Å². The second-order valence-electron chi connectivity index (χ2n) is 9.88. The fourth-order valence-electron chi connectivity index (χ4n) is 3.71. The minimum Gasteiger partial charge on any atom is -0.449 e. The Morgan fingerprint density at radius 3 is 2.38 bits per heavy atom. The molecule has 1 amide bonds. The van der Waals surface area contributed by atoms with Crippen LogP contribution in [0, 0.1) is 5.82 Å². The molecule has 3 rings (SSSR count). The average Bonchev–Trinajstić information content (AvgIpc) is 3.16. The van der Waals surface area contributed by atoms with Crippen molar-refractivity contribution in [2.24, 2.45) is 0 Å². The number of hydrogen-bond donors (Lipinski definition) is 0.